The number of piperidine rings is 1. The van der Waals surface area contributed by atoms with E-state index in [0.717, 1.165) is 41.8 Å². The Morgan fingerprint density at radius 1 is 1.22 bits per heavy atom. The summed E-state index contributed by atoms with van der Waals surface area (Å²) in [5.41, 5.74) is 2.81. The van der Waals surface area contributed by atoms with Gasteiger partial charge in [0.15, 0.2) is 5.78 Å². The van der Waals surface area contributed by atoms with Gasteiger partial charge in [0.2, 0.25) is 0 Å². The largest absolute Gasteiger partial charge is 0.508 e. The maximum Gasteiger partial charge on any atom is 0.161 e. The van der Waals surface area contributed by atoms with Crippen molar-refractivity contribution in [1.82, 2.24) is 4.90 Å². The van der Waals surface area contributed by atoms with Crippen molar-refractivity contribution in [2.75, 3.05) is 20.7 Å². The highest BCUT2D eigenvalue weighted by Gasteiger charge is 2.48. The number of hydrogen-bond donors (Lipinski definition) is 1. The number of phenols is 1. The average molecular weight is 363 g/mol. The molecule has 2 fully saturated rings. The van der Waals surface area contributed by atoms with E-state index >= 15 is 0 Å². The Morgan fingerprint density at radius 2 is 2.00 bits per heavy atom. The number of carbonyl (C=O) groups excluding carboxylic acids is 1. The predicted octanol–water partition coefficient (Wildman–Crippen LogP) is 3.79. The van der Waals surface area contributed by atoms with Crippen molar-refractivity contribution >= 4 is 11.9 Å². The summed E-state index contributed by atoms with van der Waals surface area (Å²) in [6.07, 6.45) is 4.37. The second-order valence-electron chi connectivity index (χ2n) is 7.75. The van der Waals surface area contributed by atoms with E-state index in [1.54, 1.807) is 13.2 Å². The van der Waals surface area contributed by atoms with Crippen molar-refractivity contribution in [1.29, 1.82) is 0 Å². The van der Waals surface area contributed by atoms with Gasteiger partial charge >= 0.3 is 0 Å². The first-order valence-electron chi connectivity index (χ1n) is 9.39. The minimum absolute atomic E-state index is 0.101. The van der Waals surface area contributed by atoms with Gasteiger partial charge in [0.1, 0.15) is 11.5 Å². The van der Waals surface area contributed by atoms with E-state index in [-0.39, 0.29) is 23.0 Å². The number of aromatic hydroxyl groups is 1. The van der Waals surface area contributed by atoms with Crippen LogP contribution in [0.15, 0.2) is 54.1 Å². The first-order chi connectivity index (χ1) is 13.0. The Balaban J connectivity index is 1.69. The summed E-state index contributed by atoms with van der Waals surface area (Å²) < 4.78 is 5.22. The molecule has 4 heteroatoms. The molecule has 2 atom stereocenters. The van der Waals surface area contributed by atoms with Crippen molar-refractivity contribution in [3.8, 4) is 11.5 Å². The summed E-state index contributed by atoms with van der Waals surface area (Å²) in [6.45, 7) is 0.938. The fraction of sp³-hybridized carbons (Fsp3) is 0.348. The van der Waals surface area contributed by atoms with Crippen molar-refractivity contribution < 1.29 is 14.6 Å². The van der Waals surface area contributed by atoms with Gasteiger partial charge in [-0.1, -0.05) is 24.3 Å². The molecule has 2 bridgehead atoms. The molecule has 1 N–H and O–H groups in total. The van der Waals surface area contributed by atoms with Crippen molar-refractivity contribution in [3.05, 3.63) is 65.2 Å². The molecule has 1 saturated carbocycles. The second-order valence-corrected chi connectivity index (χ2v) is 7.75. The number of ketones is 1. The van der Waals surface area contributed by atoms with Crippen LogP contribution in [-0.4, -0.2) is 42.5 Å². The number of fused-ring (bicyclic) bond motifs is 2. The first-order valence-corrected chi connectivity index (χ1v) is 9.39. The first kappa shape index (κ1) is 17.8. The van der Waals surface area contributed by atoms with Crippen LogP contribution in [0, 0.1) is 0 Å². The van der Waals surface area contributed by atoms with E-state index < -0.39 is 0 Å². The summed E-state index contributed by atoms with van der Waals surface area (Å²) in [5.74, 6) is 1.28. The van der Waals surface area contributed by atoms with Crippen LogP contribution in [-0.2, 0) is 10.2 Å². The van der Waals surface area contributed by atoms with Crippen LogP contribution in [0.3, 0.4) is 0 Å². The lowest BCUT2D eigenvalue weighted by Crippen LogP contribution is -2.53. The molecule has 4 rings (SSSR count). The number of ether oxygens (including phenoxy) is 1. The van der Waals surface area contributed by atoms with Gasteiger partial charge in [-0.15, -0.1) is 0 Å². The number of benzene rings is 2. The fourth-order valence-corrected chi connectivity index (χ4v) is 4.53. The smallest absolute Gasteiger partial charge is 0.161 e. The molecular weight excluding hydrogens is 338 g/mol. The number of carbonyl (C=O) groups is 1. The molecule has 4 nitrogen and oxygen atoms in total. The van der Waals surface area contributed by atoms with Gasteiger partial charge in [-0.05, 0) is 67.9 Å². The number of methoxy groups -OCH3 is 1. The van der Waals surface area contributed by atoms with E-state index in [2.05, 4.69) is 11.9 Å². The van der Waals surface area contributed by atoms with Gasteiger partial charge in [-0.2, -0.15) is 0 Å². The molecule has 2 aliphatic rings. The van der Waals surface area contributed by atoms with Gasteiger partial charge in [-0.25, -0.2) is 0 Å². The third-order valence-corrected chi connectivity index (χ3v) is 6.14. The molecule has 1 aliphatic carbocycles. The zero-order valence-electron chi connectivity index (χ0n) is 15.8. The van der Waals surface area contributed by atoms with Crippen LogP contribution < -0.4 is 4.74 Å². The Hall–Kier alpha value is -2.59. The van der Waals surface area contributed by atoms with Gasteiger partial charge < -0.3 is 9.84 Å². The summed E-state index contributed by atoms with van der Waals surface area (Å²) in [5, 5.41) is 9.93. The Labute approximate surface area is 160 Å². The zero-order chi connectivity index (χ0) is 19.0. The van der Waals surface area contributed by atoms with Gasteiger partial charge in [-0.3, -0.25) is 9.69 Å². The lowest BCUT2D eigenvalue weighted by Gasteiger charge is -2.50. The van der Waals surface area contributed by atoms with Crippen LogP contribution in [0.4, 0.5) is 0 Å². The molecule has 27 heavy (non-hydrogen) atoms. The van der Waals surface area contributed by atoms with Crippen molar-refractivity contribution in [2.24, 2.45) is 0 Å². The minimum Gasteiger partial charge on any atom is -0.508 e. The molecule has 1 aliphatic heterocycles. The van der Waals surface area contributed by atoms with E-state index in [0.29, 0.717) is 6.42 Å². The van der Waals surface area contributed by atoms with Gasteiger partial charge in [0.05, 0.1) is 7.11 Å². The highest BCUT2D eigenvalue weighted by atomic mass is 16.5. The molecule has 0 amide bonds. The molecular formula is C23H25NO3. The van der Waals surface area contributed by atoms with Crippen LogP contribution >= 0.6 is 0 Å². The standard InChI is InChI=1S/C23H25NO3/c1-24-11-10-23(17-4-3-5-18(25)13-17)14-21(24)20(22(26)15-23)12-16-6-8-19(27-2)9-7-16/h3-9,12-13,21,25H,10-11,14-15H2,1-2H3/b20-12+/t21-,23-/m1/s1. The van der Waals surface area contributed by atoms with E-state index in [1.807, 2.05) is 48.5 Å². The number of likely N-dealkylation sites (N-methyl/N-ethyl adjacent to an activating group) is 1. The third-order valence-electron chi connectivity index (χ3n) is 6.14. The van der Waals surface area contributed by atoms with Crippen LogP contribution in [0.2, 0.25) is 0 Å². The normalized spacial score (nSPS) is 27.0. The number of rotatable bonds is 3. The van der Waals surface area contributed by atoms with E-state index in [9.17, 15) is 9.90 Å². The molecule has 2 aromatic carbocycles. The Bertz CT molecular complexity index is 887. The summed E-state index contributed by atoms with van der Waals surface area (Å²) >= 11 is 0. The molecule has 0 aromatic heterocycles. The van der Waals surface area contributed by atoms with E-state index in [1.165, 1.54) is 0 Å². The Morgan fingerprint density at radius 3 is 2.70 bits per heavy atom. The summed E-state index contributed by atoms with van der Waals surface area (Å²) in [4.78, 5) is 15.4. The number of hydrogen-bond acceptors (Lipinski definition) is 4. The van der Waals surface area contributed by atoms with Crippen LogP contribution in [0.5, 0.6) is 11.5 Å². The van der Waals surface area contributed by atoms with Crippen molar-refractivity contribution in [2.45, 2.75) is 30.7 Å². The predicted molar refractivity (Wildman–Crippen MR) is 106 cm³/mol. The zero-order valence-corrected chi connectivity index (χ0v) is 15.8. The highest BCUT2D eigenvalue weighted by molar-refractivity contribution is 6.02. The summed E-state index contributed by atoms with van der Waals surface area (Å²) in [6, 6.07) is 15.3. The van der Waals surface area contributed by atoms with Crippen LogP contribution in [0.25, 0.3) is 6.08 Å². The molecule has 1 saturated heterocycles. The van der Waals surface area contributed by atoms with Crippen LogP contribution in [0.1, 0.15) is 30.4 Å². The van der Waals surface area contributed by atoms with Gasteiger partial charge in [0, 0.05) is 23.5 Å². The number of nitrogens with zero attached hydrogens (tertiary/aromatic N) is 1. The molecule has 2 aromatic rings. The van der Waals surface area contributed by atoms with Gasteiger partial charge in [0.25, 0.3) is 0 Å². The summed E-state index contributed by atoms with van der Waals surface area (Å²) in [7, 11) is 3.74. The maximum absolute atomic E-state index is 13.2. The second kappa shape index (κ2) is 6.86. The fourth-order valence-electron chi connectivity index (χ4n) is 4.53. The number of phenolic OH excluding ortho intramolecular Hbond substituents is 1. The molecule has 1 heterocycles. The maximum atomic E-state index is 13.2. The average Bonchev–Trinajstić information content (AvgIpc) is 2.68. The number of Topliss-reactive ketones (excluding diaryl/α,β-unsaturated/α-hetero) is 1. The van der Waals surface area contributed by atoms with E-state index in [4.69, 9.17) is 4.74 Å². The third kappa shape index (κ3) is 3.26. The highest BCUT2D eigenvalue weighted by Crippen LogP contribution is 2.47. The molecule has 0 spiro atoms. The number of likely N-dealkylation sites (tertiary alicyclic amines) is 1. The quantitative estimate of drug-likeness (QED) is 0.843. The van der Waals surface area contributed by atoms with Crippen molar-refractivity contribution in [3.63, 3.8) is 0 Å². The minimum atomic E-state index is -0.176. The Kier molecular flexibility index (Phi) is 4.52. The lowest BCUT2D eigenvalue weighted by molar-refractivity contribution is -0.120. The molecule has 0 radical (unpaired) electrons. The topological polar surface area (TPSA) is 49.8 Å². The molecule has 0 unspecified atom stereocenters. The monoisotopic (exact) mass is 363 g/mol. The molecule has 140 valence electrons. The lowest BCUT2D eigenvalue weighted by atomic mass is 9.61. The SMILES string of the molecule is COc1ccc(/C=C2/C(=O)C[C@@]3(c4cccc(O)c4)CCN(C)[C@@H]2C3)cc1.